The standard InChI is InChI=1S/C33H58N10O16.2H2O/c1-34-24(44)14-40(10-6-38(18-28(48)49)8-12-42(20-30(52)53)21-31(54)55)16-26(46)36-4-3-5-37-27(47)17-41(15-25(45)35-2)11-7-39(19-29(50)51)9-13-43(22-32(56)57)23-33(58)59;;/h3-23H2,1-2H3,(H,34,44)(H,35,45)(H,36,46)(H,37,47)(H,48,49)(H,50,51)(H,52,53)(H,54,55)(H,56,57)(H,58,59);2*1H2. The van der Waals surface area contributed by atoms with E-state index < -0.39 is 98.7 Å². The van der Waals surface area contributed by atoms with Gasteiger partial charge in [0.2, 0.25) is 23.6 Å². The van der Waals surface area contributed by atoms with Gasteiger partial charge in [0.25, 0.3) is 0 Å². The van der Waals surface area contributed by atoms with Crippen molar-refractivity contribution < 1.29 is 89.5 Å². The van der Waals surface area contributed by atoms with Crippen LogP contribution in [0.2, 0.25) is 0 Å². The van der Waals surface area contributed by atoms with Crippen LogP contribution in [0.4, 0.5) is 0 Å². The topological polar surface area (TPSA) is 423 Å². The molecule has 0 radical (unpaired) electrons. The summed E-state index contributed by atoms with van der Waals surface area (Å²) in [5, 5.41) is 65.2. The van der Waals surface area contributed by atoms with Gasteiger partial charge in [0.15, 0.2) is 0 Å². The van der Waals surface area contributed by atoms with Crippen LogP contribution in [0.3, 0.4) is 0 Å². The summed E-state index contributed by atoms with van der Waals surface area (Å²) in [5.41, 5.74) is 0. The molecule has 0 aliphatic carbocycles. The molecule has 0 aromatic heterocycles. The molecule has 0 fully saturated rings. The lowest BCUT2D eigenvalue weighted by molar-refractivity contribution is -0.144. The monoisotopic (exact) mass is 886 g/mol. The average molecular weight is 887 g/mol. The fourth-order valence-corrected chi connectivity index (χ4v) is 5.30. The van der Waals surface area contributed by atoms with E-state index >= 15 is 0 Å². The molecule has 0 bridgehead atoms. The molecule has 0 spiro atoms. The zero-order valence-corrected chi connectivity index (χ0v) is 34.3. The zero-order chi connectivity index (χ0) is 44.9. The molecule has 4 amide bonds. The first-order valence-corrected chi connectivity index (χ1v) is 18.3. The summed E-state index contributed by atoms with van der Waals surface area (Å²) in [6.45, 7) is -4.09. The zero-order valence-electron chi connectivity index (χ0n) is 34.3. The van der Waals surface area contributed by atoms with Gasteiger partial charge >= 0.3 is 35.8 Å². The van der Waals surface area contributed by atoms with Crippen molar-refractivity contribution in [1.82, 2.24) is 50.7 Å². The smallest absolute Gasteiger partial charge is 0.317 e. The Balaban J connectivity index is -0.0000168. The van der Waals surface area contributed by atoms with Crippen molar-refractivity contribution in [2.45, 2.75) is 6.42 Å². The number of hydrogen-bond acceptors (Lipinski definition) is 16. The molecule has 14 N–H and O–H groups in total. The number of nitrogens with one attached hydrogen (secondary N) is 4. The maximum atomic E-state index is 12.8. The van der Waals surface area contributed by atoms with E-state index in [1.54, 1.807) is 0 Å². The van der Waals surface area contributed by atoms with E-state index in [4.69, 9.17) is 20.4 Å². The summed E-state index contributed by atoms with van der Waals surface area (Å²) in [6.07, 6.45) is 0.271. The van der Waals surface area contributed by atoms with Crippen molar-refractivity contribution in [3.8, 4) is 0 Å². The maximum Gasteiger partial charge on any atom is 0.317 e. The predicted octanol–water partition coefficient (Wildman–Crippen LogP) is -8.23. The Morgan fingerprint density at radius 1 is 0.328 bits per heavy atom. The highest BCUT2D eigenvalue weighted by Gasteiger charge is 2.21. The summed E-state index contributed by atoms with van der Waals surface area (Å²) in [5.74, 6) is -9.30. The number of carbonyl (C=O) groups is 10. The quantitative estimate of drug-likeness (QED) is 0.0261. The van der Waals surface area contributed by atoms with Crippen LogP contribution in [-0.4, -0.2) is 275 Å². The fraction of sp³-hybridized carbons (Fsp3) is 0.697. The molecular weight excluding hydrogens is 824 g/mol. The Morgan fingerprint density at radius 3 is 0.754 bits per heavy atom. The van der Waals surface area contributed by atoms with Gasteiger partial charge in [-0.3, -0.25) is 77.3 Å². The van der Waals surface area contributed by atoms with Crippen LogP contribution in [0.1, 0.15) is 6.42 Å². The predicted molar refractivity (Wildman–Crippen MR) is 210 cm³/mol. The number of carbonyl (C=O) groups excluding carboxylic acids is 4. The Labute approximate surface area is 351 Å². The minimum atomic E-state index is -1.26. The SMILES string of the molecule is CNC(=O)CN(CCN(CCN(CC(=O)O)CC(=O)O)CC(=O)O)CC(=O)NCCCNC(=O)CN(CCN(CCN(CC(=O)O)CC(=O)O)CC(=O)O)CC(=O)NC.O.O. The van der Waals surface area contributed by atoms with Gasteiger partial charge in [-0.05, 0) is 6.42 Å². The van der Waals surface area contributed by atoms with Crippen LogP contribution in [0.15, 0.2) is 0 Å². The molecule has 0 heterocycles. The van der Waals surface area contributed by atoms with Crippen molar-refractivity contribution in [1.29, 1.82) is 0 Å². The Bertz CT molecular complexity index is 1290. The second-order valence-corrected chi connectivity index (χ2v) is 13.2. The number of rotatable bonds is 36. The third kappa shape index (κ3) is 33.9. The highest BCUT2D eigenvalue weighted by Crippen LogP contribution is 1.99. The molecule has 28 nitrogen and oxygen atoms in total. The summed E-state index contributed by atoms with van der Waals surface area (Å²) in [4.78, 5) is 125. The molecule has 0 unspecified atom stereocenters. The molecular formula is C33H62N10O18. The number of carboxylic acid groups (broad SMARTS) is 6. The average Bonchev–Trinajstić information content (AvgIpc) is 3.11. The second-order valence-electron chi connectivity index (χ2n) is 13.2. The number of carboxylic acids is 6. The number of aliphatic carboxylic acids is 6. The molecule has 0 rings (SSSR count). The summed E-state index contributed by atoms with van der Waals surface area (Å²) >= 11 is 0. The van der Waals surface area contributed by atoms with Crippen molar-refractivity contribution in [2.75, 3.05) is 145 Å². The van der Waals surface area contributed by atoms with E-state index in [-0.39, 0.29) is 109 Å². The normalized spacial score (nSPS) is 10.9. The van der Waals surface area contributed by atoms with Gasteiger partial charge in [-0.2, -0.15) is 0 Å². The van der Waals surface area contributed by atoms with E-state index in [1.807, 2.05) is 0 Å². The van der Waals surface area contributed by atoms with Gasteiger partial charge in [0.1, 0.15) is 0 Å². The Morgan fingerprint density at radius 2 is 0.525 bits per heavy atom. The summed E-state index contributed by atoms with van der Waals surface area (Å²) in [7, 11) is 2.78. The van der Waals surface area contributed by atoms with Gasteiger partial charge in [-0.25, -0.2) is 0 Å². The van der Waals surface area contributed by atoms with Crippen LogP contribution in [-0.2, 0) is 47.9 Å². The fourth-order valence-electron chi connectivity index (χ4n) is 5.30. The van der Waals surface area contributed by atoms with Gasteiger partial charge < -0.3 is 62.9 Å². The first-order chi connectivity index (χ1) is 27.7. The third-order valence-corrected chi connectivity index (χ3v) is 8.11. The molecule has 0 aromatic rings. The number of nitrogens with zero attached hydrogens (tertiary/aromatic N) is 6. The first kappa shape index (κ1) is 59.7. The van der Waals surface area contributed by atoms with E-state index in [0.717, 1.165) is 9.80 Å². The lowest BCUT2D eigenvalue weighted by atomic mass is 10.3. The Kier molecular flexibility index (Phi) is 33.4. The molecule has 352 valence electrons. The Hall–Kier alpha value is -5.62. The van der Waals surface area contributed by atoms with Gasteiger partial charge in [-0.15, -0.1) is 0 Å². The van der Waals surface area contributed by atoms with Gasteiger partial charge in [-0.1, -0.05) is 0 Å². The lowest BCUT2D eigenvalue weighted by Crippen LogP contribution is -2.48. The number of likely N-dealkylation sites (N-methyl/N-ethyl adjacent to an activating group) is 2. The maximum absolute atomic E-state index is 12.8. The summed E-state index contributed by atoms with van der Waals surface area (Å²) in [6, 6.07) is 0. The van der Waals surface area contributed by atoms with E-state index in [0.29, 0.717) is 0 Å². The highest BCUT2D eigenvalue weighted by molar-refractivity contribution is 5.82. The van der Waals surface area contributed by atoms with Crippen molar-refractivity contribution in [3.63, 3.8) is 0 Å². The molecule has 0 aromatic carbocycles. The molecule has 0 saturated carbocycles. The molecule has 0 atom stereocenters. The number of hydrogen-bond donors (Lipinski definition) is 10. The van der Waals surface area contributed by atoms with Crippen LogP contribution < -0.4 is 21.3 Å². The van der Waals surface area contributed by atoms with Crippen LogP contribution in [0, 0.1) is 0 Å². The molecule has 0 aliphatic heterocycles. The minimum absolute atomic E-state index is 0. The third-order valence-electron chi connectivity index (χ3n) is 8.11. The highest BCUT2D eigenvalue weighted by atomic mass is 16.4. The molecule has 0 aliphatic rings. The second kappa shape index (κ2) is 34.1. The van der Waals surface area contributed by atoms with Gasteiger partial charge in [0, 0.05) is 79.5 Å². The number of amides is 4. The van der Waals surface area contributed by atoms with E-state index in [9.17, 15) is 58.2 Å². The summed E-state index contributed by atoms with van der Waals surface area (Å²) < 4.78 is 0. The van der Waals surface area contributed by atoms with Crippen LogP contribution in [0.25, 0.3) is 0 Å². The molecule has 61 heavy (non-hydrogen) atoms. The van der Waals surface area contributed by atoms with Crippen molar-refractivity contribution >= 4 is 59.4 Å². The van der Waals surface area contributed by atoms with Crippen LogP contribution in [0.5, 0.6) is 0 Å². The molecule has 0 saturated heterocycles. The molecule has 28 heteroatoms. The largest absolute Gasteiger partial charge is 0.480 e. The minimum Gasteiger partial charge on any atom is -0.480 e. The van der Waals surface area contributed by atoms with Crippen molar-refractivity contribution in [3.05, 3.63) is 0 Å². The van der Waals surface area contributed by atoms with Crippen LogP contribution >= 0.6 is 0 Å². The van der Waals surface area contributed by atoms with Gasteiger partial charge in [0.05, 0.1) is 65.4 Å². The lowest BCUT2D eigenvalue weighted by Gasteiger charge is -2.28. The van der Waals surface area contributed by atoms with E-state index in [1.165, 1.54) is 33.7 Å². The first-order valence-electron chi connectivity index (χ1n) is 18.3. The van der Waals surface area contributed by atoms with E-state index in [2.05, 4.69) is 21.3 Å². The van der Waals surface area contributed by atoms with Crippen molar-refractivity contribution in [2.24, 2.45) is 0 Å².